The van der Waals surface area contributed by atoms with Gasteiger partial charge in [0, 0.05) is 5.75 Å². The van der Waals surface area contributed by atoms with Crippen LogP contribution in [0.5, 0.6) is 0 Å². The molecule has 0 saturated heterocycles. The van der Waals surface area contributed by atoms with Gasteiger partial charge in [-0.05, 0) is 0 Å². The predicted molar refractivity (Wildman–Crippen MR) is 35.1 cm³/mol. The average Bonchev–Trinajstić information content (AvgIpc) is 1.58. The summed E-state index contributed by atoms with van der Waals surface area (Å²) in [5.41, 5.74) is 0. The van der Waals surface area contributed by atoms with Crippen molar-refractivity contribution in [1.82, 2.24) is 0 Å². The average molecular weight is 207 g/mol. The summed E-state index contributed by atoms with van der Waals surface area (Å²) in [6.45, 7) is -0.282. The lowest BCUT2D eigenvalue weighted by Crippen LogP contribution is -1.98. The Labute approximate surface area is 65.9 Å². The quantitative estimate of drug-likeness (QED) is 0.359. The molecule has 70 valence electrons. The highest BCUT2D eigenvalue weighted by atomic mass is 32.3. The molecular formula is C2H7O7S2-. The first-order valence-corrected chi connectivity index (χ1v) is 4.78. The minimum atomic E-state index is -4.67. The van der Waals surface area contributed by atoms with E-state index in [0.29, 0.717) is 0 Å². The highest BCUT2D eigenvalue weighted by molar-refractivity contribution is 7.80. The molecule has 0 rings (SSSR count). The molecule has 0 saturated carbocycles. The standard InChI is InChI=1S/C2H6O3S.H2O4S/c3-1-2-6(4)5;1-5(2,3)4/h3H,1-2H2,(H,4,5);(H2,1,2,3,4)/p-1. The Morgan fingerprint density at radius 2 is 1.64 bits per heavy atom. The van der Waals surface area contributed by atoms with Gasteiger partial charge in [-0.2, -0.15) is 8.42 Å². The second-order valence-electron chi connectivity index (χ2n) is 1.18. The van der Waals surface area contributed by atoms with Gasteiger partial charge in [-0.25, -0.2) is 0 Å². The molecule has 3 N–H and O–H groups in total. The van der Waals surface area contributed by atoms with Crippen molar-refractivity contribution in [2.75, 3.05) is 12.4 Å². The third kappa shape index (κ3) is 72.5. The molecule has 11 heavy (non-hydrogen) atoms. The minimum Gasteiger partial charge on any atom is -0.772 e. The molecule has 0 heterocycles. The van der Waals surface area contributed by atoms with Gasteiger partial charge in [0.2, 0.25) is 0 Å². The van der Waals surface area contributed by atoms with Gasteiger partial charge in [-0.3, -0.25) is 13.3 Å². The van der Waals surface area contributed by atoms with Crippen LogP contribution in [0.25, 0.3) is 0 Å². The lowest BCUT2D eigenvalue weighted by molar-refractivity contribution is 0.318. The molecule has 1 atom stereocenters. The molecule has 7 nitrogen and oxygen atoms in total. The SMILES string of the molecule is O=S(=O)(O)O.O=S([O-])CCO. The molecule has 0 radical (unpaired) electrons. The summed E-state index contributed by atoms with van der Waals surface area (Å²) in [5, 5.41) is 7.84. The van der Waals surface area contributed by atoms with Gasteiger partial charge in [-0.1, -0.05) is 11.1 Å². The van der Waals surface area contributed by atoms with Crippen LogP contribution in [-0.2, 0) is 21.5 Å². The van der Waals surface area contributed by atoms with Gasteiger partial charge in [0.1, 0.15) is 0 Å². The topological polar surface area (TPSA) is 135 Å². The molecular weight excluding hydrogens is 200 g/mol. The number of hydrogen-bond donors (Lipinski definition) is 3. The maximum atomic E-state index is 9.44. The van der Waals surface area contributed by atoms with Crippen LogP contribution >= 0.6 is 0 Å². The van der Waals surface area contributed by atoms with Crippen LogP contribution in [0.3, 0.4) is 0 Å². The molecule has 0 aromatic heterocycles. The zero-order chi connectivity index (χ0) is 9.49. The van der Waals surface area contributed by atoms with Crippen LogP contribution < -0.4 is 0 Å². The summed E-state index contributed by atoms with van der Waals surface area (Å²) in [6.07, 6.45) is 0. The van der Waals surface area contributed by atoms with E-state index in [9.17, 15) is 8.76 Å². The fourth-order valence-corrected chi connectivity index (χ4v) is 0.224. The predicted octanol–water partition coefficient (Wildman–Crippen LogP) is -1.79. The molecule has 0 fully saturated rings. The second kappa shape index (κ2) is 6.64. The fourth-order valence-electron chi connectivity index (χ4n) is 0.0745. The van der Waals surface area contributed by atoms with E-state index in [-0.39, 0.29) is 12.4 Å². The first kappa shape index (κ1) is 13.5. The molecule has 0 aromatic carbocycles. The van der Waals surface area contributed by atoms with E-state index in [4.69, 9.17) is 22.6 Å². The zero-order valence-corrected chi connectivity index (χ0v) is 6.84. The van der Waals surface area contributed by atoms with Crippen LogP contribution in [0.2, 0.25) is 0 Å². The van der Waals surface area contributed by atoms with Gasteiger partial charge in [0.05, 0.1) is 6.61 Å². The molecule has 0 aromatic rings. The maximum Gasteiger partial charge on any atom is 0.394 e. The lowest BCUT2D eigenvalue weighted by Gasteiger charge is -1.97. The number of rotatable bonds is 2. The van der Waals surface area contributed by atoms with Crippen LogP contribution in [-0.4, -0.2) is 43.8 Å². The summed E-state index contributed by atoms with van der Waals surface area (Å²) in [6, 6.07) is 0. The molecule has 0 aliphatic carbocycles. The first-order chi connectivity index (χ1) is 4.77. The van der Waals surface area contributed by atoms with E-state index in [1.54, 1.807) is 0 Å². The van der Waals surface area contributed by atoms with Crippen LogP contribution in [0.15, 0.2) is 0 Å². The molecule has 0 bridgehead atoms. The highest BCUT2D eigenvalue weighted by Crippen LogP contribution is 1.66. The van der Waals surface area contributed by atoms with Gasteiger partial charge in [0.15, 0.2) is 0 Å². The van der Waals surface area contributed by atoms with Crippen molar-refractivity contribution >= 4 is 21.5 Å². The van der Waals surface area contributed by atoms with Crippen molar-refractivity contribution in [3.63, 3.8) is 0 Å². The van der Waals surface area contributed by atoms with Crippen LogP contribution in [0.1, 0.15) is 0 Å². The van der Waals surface area contributed by atoms with Gasteiger partial charge in [-0.15, -0.1) is 0 Å². The van der Waals surface area contributed by atoms with E-state index in [2.05, 4.69) is 0 Å². The molecule has 9 heteroatoms. The molecule has 1 unspecified atom stereocenters. The Hall–Kier alpha value is -0.0600. The number of aliphatic hydroxyl groups is 1. The number of aliphatic hydroxyl groups excluding tert-OH is 1. The third-order valence-electron chi connectivity index (χ3n) is 0.258. The maximum absolute atomic E-state index is 9.44. The second-order valence-corrected chi connectivity index (χ2v) is 3.09. The van der Waals surface area contributed by atoms with Crippen molar-refractivity contribution < 1.29 is 31.4 Å². The van der Waals surface area contributed by atoms with Gasteiger partial charge in [0.25, 0.3) is 0 Å². The third-order valence-corrected chi connectivity index (χ3v) is 0.774. The molecule has 0 amide bonds. The van der Waals surface area contributed by atoms with Crippen molar-refractivity contribution in [1.29, 1.82) is 0 Å². The van der Waals surface area contributed by atoms with Gasteiger partial charge >= 0.3 is 10.4 Å². The summed E-state index contributed by atoms with van der Waals surface area (Å²) < 4.78 is 50.5. The highest BCUT2D eigenvalue weighted by Gasteiger charge is 1.84. The lowest BCUT2D eigenvalue weighted by atomic mass is 10.9. The summed E-state index contributed by atoms with van der Waals surface area (Å²) in [5.74, 6) is -0.153. The molecule has 0 aliphatic rings. The van der Waals surface area contributed by atoms with E-state index in [1.807, 2.05) is 0 Å². The summed E-state index contributed by atoms with van der Waals surface area (Å²) >= 11 is -2.07. The normalized spacial score (nSPS) is 13.1. The Kier molecular flexibility index (Phi) is 8.16. The molecule has 0 aliphatic heterocycles. The van der Waals surface area contributed by atoms with Gasteiger partial charge < -0.3 is 9.66 Å². The first-order valence-electron chi connectivity index (χ1n) is 2.14. The monoisotopic (exact) mass is 207 g/mol. The fraction of sp³-hybridized carbons (Fsp3) is 1.00. The van der Waals surface area contributed by atoms with Crippen molar-refractivity contribution in [2.45, 2.75) is 0 Å². The number of hydrogen-bond acceptors (Lipinski definition) is 5. The summed E-state index contributed by atoms with van der Waals surface area (Å²) in [7, 11) is -4.67. The van der Waals surface area contributed by atoms with Crippen molar-refractivity contribution in [3.05, 3.63) is 0 Å². The van der Waals surface area contributed by atoms with E-state index in [0.717, 1.165) is 0 Å². The van der Waals surface area contributed by atoms with Crippen LogP contribution in [0, 0.1) is 0 Å². The van der Waals surface area contributed by atoms with Crippen molar-refractivity contribution in [2.24, 2.45) is 0 Å². The zero-order valence-electron chi connectivity index (χ0n) is 5.21. The Bertz CT molecular complexity index is 184. The van der Waals surface area contributed by atoms with Crippen molar-refractivity contribution in [3.8, 4) is 0 Å². The Balaban J connectivity index is 0. The minimum absolute atomic E-state index is 0.153. The smallest absolute Gasteiger partial charge is 0.394 e. The largest absolute Gasteiger partial charge is 0.772 e. The van der Waals surface area contributed by atoms with E-state index >= 15 is 0 Å². The van der Waals surface area contributed by atoms with E-state index in [1.165, 1.54) is 0 Å². The van der Waals surface area contributed by atoms with E-state index < -0.39 is 21.5 Å². The Morgan fingerprint density at radius 3 is 1.64 bits per heavy atom. The Morgan fingerprint density at radius 1 is 1.36 bits per heavy atom. The molecule has 0 spiro atoms. The summed E-state index contributed by atoms with van der Waals surface area (Å²) in [4.78, 5) is 0. The van der Waals surface area contributed by atoms with Crippen LogP contribution in [0.4, 0.5) is 0 Å².